The van der Waals surface area contributed by atoms with Crippen molar-refractivity contribution in [2.75, 3.05) is 12.0 Å². The van der Waals surface area contributed by atoms with E-state index in [1.165, 1.54) is 0 Å². The van der Waals surface area contributed by atoms with Gasteiger partial charge in [0.15, 0.2) is 10.6 Å². The zero-order valence-corrected chi connectivity index (χ0v) is 11.8. The lowest BCUT2D eigenvalue weighted by Crippen LogP contribution is -2.14. The molecule has 0 saturated heterocycles. The van der Waals surface area contributed by atoms with E-state index in [2.05, 4.69) is 15.2 Å². The van der Waals surface area contributed by atoms with Gasteiger partial charge in [-0.15, -0.1) is 0 Å². The third kappa shape index (κ3) is 2.73. The molecule has 0 radical (unpaired) electrons. The summed E-state index contributed by atoms with van der Waals surface area (Å²) in [5.74, 6) is 1.27. The molecule has 0 aliphatic rings. The van der Waals surface area contributed by atoms with Crippen LogP contribution >= 0.6 is 12.2 Å². The largest absolute Gasteiger partial charge is 0.296 e. The third-order valence-corrected chi connectivity index (χ3v) is 3.78. The van der Waals surface area contributed by atoms with E-state index >= 15 is 0 Å². The Labute approximate surface area is 113 Å². The average Bonchev–Trinajstić information content (AvgIpc) is 2.71. The maximum Gasteiger partial charge on any atom is 0.195 e. The number of nitrogens with one attached hydrogen (secondary N) is 1. The Bertz CT molecular complexity index is 605. The summed E-state index contributed by atoms with van der Waals surface area (Å²) in [5, 5.41) is 7.00. The molecule has 2 unspecified atom stereocenters. The topological polar surface area (TPSA) is 63.6 Å². The van der Waals surface area contributed by atoms with Crippen LogP contribution in [0.25, 0.3) is 11.4 Å². The Morgan fingerprint density at radius 3 is 3.00 bits per heavy atom. The Hall–Kier alpha value is -1.34. The maximum atomic E-state index is 11.3. The highest BCUT2D eigenvalue weighted by molar-refractivity contribution is 7.84. The van der Waals surface area contributed by atoms with Gasteiger partial charge in [0.1, 0.15) is 0 Å². The normalized spacial score (nSPS) is 14.3. The van der Waals surface area contributed by atoms with Crippen molar-refractivity contribution in [3.63, 3.8) is 0 Å². The molecule has 96 valence electrons. The predicted molar refractivity (Wildman–Crippen MR) is 74.3 cm³/mol. The van der Waals surface area contributed by atoms with Crippen LogP contribution in [0.1, 0.15) is 13.0 Å². The minimum absolute atomic E-state index is 0.0253. The number of aromatic amines is 1. The second-order valence-corrected chi connectivity index (χ2v) is 5.92. The van der Waals surface area contributed by atoms with Crippen LogP contribution in [0.2, 0.25) is 0 Å². The van der Waals surface area contributed by atoms with E-state index in [0.29, 0.717) is 10.5 Å². The lowest BCUT2D eigenvalue weighted by atomic mass is 10.2. The van der Waals surface area contributed by atoms with E-state index in [0.717, 1.165) is 11.4 Å². The average molecular weight is 282 g/mol. The Balaban J connectivity index is 2.45. The summed E-state index contributed by atoms with van der Waals surface area (Å²) in [7, 11) is -0.878. The van der Waals surface area contributed by atoms with Gasteiger partial charge in [0.05, 0.1) is 0 Å². The highest BCUT2D eigenvalue weighted by Gasteiger charge is 2.15. The van der Waals surface area contributed by atoms with Crippen molar-refractivity contribution in [1.29, 1.82) is 0 Å². The van der Waals surface area contributed by atoms with Gasteiger partial charge in [-0.25, -0.2) is 0 Å². The molecule has 2 atom stereocenters. The minimum atomic E-state index is -0.878. The van der Waals surface area contributed by atoms with Crippen LogP contribution in [0.15, 0.2) is 24.5 Å². The second-order valence-electron chi connectivity index (χ2n) is 4.05. The van der Waals surface area contributed by atoms with Crippen molar-refractivity contribution in [1.82, 2.24) is 19.7 Å². The van der Waals surface area contributed by atoms with E-state index in [4.69, 9.17) is 12.2 Å². The molecule has 2 heterocycles. The smallest absolute Gasteiger partial charge is 0.195 e. The predicted octanol–water partition coefficient (Wildman–Crippen LogP) is 1.94. The van der Waals surface area contributed by atoms with Gasteiger partial charge in [-0.1, -0.05) is 0 Å². The van der Waals surface area contributed by atoms with Gasteiger partial charge in [-0.05, 0) is 31.3 Å². The second kappa shape index (κ2) is 5.53. The molecular weight excluding hydrogens is 268 g/mol. The molecule has 0 aromatic carbocycles. The van der Waals surface area contributed by atoms with Gasteiger partial charge in [0.25, 0.3) is 0 Å². The quantitative estimate of drug-likeness (QED) is 0.871. The first-order valence-electron chi connectivity index (χ1n) is 5.47. The fourth-order valence-corrected chi connectivity index (χ4v) is 2.97. The number of hydrogen-bond acceptors (Lipinski definition) is 4. The van der Waals surface area contributed by atoms with E-state index in [9.17, 15) is 4.21 Å². The van der Waals surface area contributed by atoms with Crippen molar-refractivity contribution >= 4 is 23.0 Å². The molecule has 0 fully saturated rings. The van der Waals surface area contributed by atoms with E-state index < -0.39 is 10.8 Å². The Morgan fingerprint density at radius 1 is 1.61 bits per heavy atom. The van der Waals surface area contributed by atoms with Crippen molar-refractivity contribution in [2.24, 2.45) is 0 Å². The van der Waals surface area contributed by atoms with Gasteiger partial charge in [-0.3, -0.25) is 18.9 Å². The third-order valence-electron chi connectivity index (χ3n) is 2.54. The number of pyridine rings is 1. The molecule has 0 spiro atoms. The molecule has 0 aliphatic heterocycles. The molecule has 2 aromatic rings. The summed E-state index contributed by atoms with van der Waals surface area (Å²) in [6, 6.07) is 3.79. The zero-order chi connectivity index (χ0) is 13.1. The zero-order valence-electron chi connectivity index (χ0n) is 10.2. The standard InChI is InChI=1S/C11H14N4OS2/c1-8(7-18(2)16)15-10(13-14-11(15)17)9-4-3-5-12-6-9/h3-6,8H,7H2,1-2H3,(H,14,17). The van der Waals surface area contributed by atoms with Crippen LogP contribution in [0.4, 0.5) is 0 Å². The fraction of sp³-hybridized carbons (Fsp3) is 0.364. The monoisotopic (exact) mass is 282 g/mol. The van der Waals surface area contributed by atoms with Gasteiger partial charge < -0.3 is 0 Å². The van der Waals surface area contributed by atoms with Gasteiger partial charge in [-0.2, -0.15) is 5.10 Å². The van der Waals surface area contributed by atoms with Crippen molar-refractivity contribution in [3.05, 3.63) is 29.3 Å². The van der Waals surface area contributed by atoms with E-state index in [1.54, 1.807) is 18.6 Å². The summed E-state index contributed by atoms with van der Waals surface area (Å²) in [6.45, 7) is 1.98. The molecule has 0 aliphatic carbocycles. The summed E-state index contributed by atoms with van der Waals surface area (Å²) in [5.41, 5.74) is 0.888. The lowest BCUT2D eigenvalue weighted by molar-refractivity contribution is 0.594. The number of nitrogens with zero attached hydrogens (tertiary/aromatic N) is 3. The molecule has 7 heteroatoms. The van der Waals surface area contributed by atoms with Gasteiger partial charge >= 0.3 is 0 Å². The number of aromatic nitrogens is 4. The lowest BCUT2D eigenvalue weighted by Gasteiger charge is -2.14. The number of hydrogen-bond donors (Lipinski definition) is 1. The molecule has 2 rings (SSSR count). The maximum absolute atomic E-state index is 11.3. The molecule has 2 aromatic heterocycles. The van der Waals surface area contributed by atoms with Gasteiger partial charge in [0, 0.05) is 46.8 Å². The number of rotatable bonds is 4. The van der Waals surface area contributed by atoms with Crippen LogP contribution in [0, 0.1) is 4.77 Å². The first kappa shape index (κ1) is 13.1. The Morgan fingerprint density at radius 2 is 2.39 bits per heavy atom. The van der Waals surface area contributed by atoms with Gasteiger partial charge in [0.2, 0.25) is 0 Å². The molecule has 0 saturated carbocycles. The van der Waals surface area contributed by atoms with E-state index in [1.807, 2.05) is 23.6 Å². The van der Waals surface area contributed by atoms with Crippen LogP contribution in [-0.2, 0) is 10.8 Å². The Kier molecular flexibility index (Phi) is 4.03. The van der Waals surface area contributed by atoms with Crippen LogP contribution < -0.4 is 0 Å². The minimum Gasteiger partial charge on any atom is -0.296 e. The summed E-state index contributed by atoms with van der Waals surface area (Å²) < 4.78 is 13.7. The summed E-state index contributed by atoms with van der Waals surface area (Å²) in [4.78, 5) is 4.07. The first-order valence-corrected chi connectivity index (χ1v) is 7.60. The highest BCUT2D eigenvalue weighted by Crippen LogP contribution is 2.20. The SMILES string of the molecule is CC(CS(C)=O)n1c(-c2cccnc2)n[nH]c1=S. The molecular formula is C11H14N4OS2. The molecule has 1 N–H and O–H groups in total. The highest BCUT2D eigenvalue weighted by atomic mass is 32.2. The first-order chi connectivity index (χ1) is 8.59. The van der Waals surface area contributed by atoms with Crippen molar-refractivity contribution in [2.45, 2.75) is 13.0 Å². The number of H-pyrrole nitrogens is 1. The fourth-order valence-electron chi connectivity index (χ4n) is 1.83. The van der Waals surface area contributed by atoms with Crippen LogP contribution in [0.3, 0.4) is 0 Å². The summed E-state index contributed by atoms with van der Waals surface area (Å²) in [6.07, 6.45) is 5.13. The molecule has 5 nitrogen and oxygen atoms in total. The molecule has 0 bridgehead atoms. The van der Waals surface area contributed by atoms with E-state index in [-0.39, 0.29) is 6.04 Å². The van der Waals surface area contributed by atoms with Crippen molar-refractivity contribution in [3.8, 4) is 11.4 Å². The van der Waals surface area contributed by atoms with Crippen LogP contribution in [0.5, 0.6) is 0 Å². The molecule has 18 heavy (non-hydrogen) atoms. The van der Waals surface area contributed by atoms with Crippen LogP contribution in [-0.4, -0.2) is 36.0 Å². The molecule has 0 amide bonds. The summed E-state index contributed by atoms with van der Waals surface area (Å²) >= 11 is 5.23. The van der Waals surface area contributed by atoms with Crippen molar-refractivity contribution < 1.29 is 4.21 Å².